The Bertz CT molecular complexity index is 2830. The first-order valence-electron chi connectivity index (χ1n) is 18.4. The highest BCUT2D eigenvalue weighted by Crippen LogP contribution is 2.48. The minimum atomic E-state index is 0.660. The fourth-order valence-corrected chi connectivity index (χ4v) is 7.57. The number of nitrogens with zero attached hydrogens (tertiary/aromatic N) is 3. The maximum atomic E-state index is 6.90. The van der Waals surface area contributed by atoms with Crippen molar-refractivity contribution in [2.75, 3.05) is 0 Å². The molecule has 0 radical (unpaired) electrons. The van der Waals surface area contributed by atoms with E-state index in [-0.39, 0.29) is 0 Å². The van der Waals surface area contributed by atoms with Crippen molar-refractivity contribution in [3.05, 3.63) is 200 Å². The van der Waals surface area contributed by atoms with Crippen molar-refractivity contribution in [2.45, 2.75) is 0 Å². The van der Waals surface area contributed by atoms with Crippen molar-refractivity contribution in [3.8, 4) is 101 Å². The average Bonchev–Trinajstić information content (AvgIpc) is 3.28. The van der Waals surface area contributed by atoms with Crippen LogP contribution in [0.25, 0.3) is 89.5 Å². The van der Waals surface area contributed by atoms with Gasteiger partial charge in [0, 0.05) is 40.2 Å². The maximum Gasteiger partial charge on any atom is 0.160 e. The molecule has 258 valence electrons. The Kier molecular flexibility index (Phi) is 8.12. The van der Waals surface area contributed by atoms with Crippen LogP contribution >= 0.6 is 0 Å². The Hall–Kier alpha value is -7.43. The minimum Gasteiger partial charge on any atom is -0.456 e. The highest BCUT2D eigenvalue weighted by Gasteiger charge is 2.22. The van der Waals surface area contributed by atoms with Gasteiger partial charge in [-0.25, -0.2) is 9.97 Å². The van der Waals surface area contributed by atoms with E-state index in [0.29, 0.717) is 5.82 Å². The number of ether oxygens (including phenoxy) is 1. The van der Waals surface area contributed by atoms with Gasteiger partial charge < -0.3 is 4.74 Å². The van der Waals surface area contributed by atoms with Gasteiger partial charge in [0.25, 0.3) is 0 Å². The Morgan fingerprint density at radius 1 is 0.309 bits per heavy atom. The van der Waals surface area contributed by atoms with Gasteiger partial charge in [-0.3, -0.25) is 4.98 Å². The number of hydrogen-bond acceptors (Lipinski definition) is 4. The summed E-state index contributed by atoms with van der Waals surface area (Å²) in [6.45, 7) is 0. The monoisotopic (exact) mass is 703 g/mol. The molecule has 4 nitrogen and oxygen atoms in total. The van der Waals surface area contributed by atoms with Gasteiger partial charge in [0.15, 0.2) is 5.82 Å². The summed E-state index contributed by atoms with van der Waals surface area (Å²) >= 11 is 0. The number of hydrogen-bond donors (Lipinski definition) is 0. The van der Waals surface area contributed by atoms with E-state index in [9.17, 15) is 0 Å². The predicted octanol–water partition coefficient (Wildman–Crippen LogP) is 13.3. The van der Waals surface area contributed by atoms with Crippen molar-refractivity contribution in [1.29, 1.82) is 0 Å². The van der Waals surface area contributed by atoms with Crippen LogP contribution < -0.4 is 4.74 Å². The SMILES string of the molecule is c1ccc(-c2cc(-c3ccc4c(c3)-c3ccccc3Oc3ccccc3-c3ccccc3-c3ccccc3-4)nc(-c3ccc(-c4cccnc4)cc3)n2)cc1. The van der Waals surface area contributed by atoms with E-state index >= 15 is 0 Å². The zero-order chi connectivity index (χ0) is 36.6. The summed E-state index contributed by atoms with van der Waals surface area (Å²) < 4.78 is 6.90. The minimum absolute atomic E-state index is 0.660. The lowest BCUT2D eigenvalue weighted by atomic mass is 9.86. The molecule has 0 N–H and O–H groups in total. The van der Waals surface area contributed by atoms with E-state index < -0.39 is 0 Å². The number of benzene rings is 7. The van der Waals surface area contributed by atoms with Gasteiger partial charge >= 0.3 is 0 Å². The van der Waals surface area contributed by atoms with Crippen LogP contribution in [0.2, 0.25) is 0 Å². The van der Waals surface area contributed by atoms with E-state index in [1.165, 1.54) is 0 Å². The van der Waals surface area contributed by atoms with Gasteiger partial charge in [-0.2, -0.15) is 0 Å². The standard InChI is InChI=1S/C51H33N3O/c1-2-13-35(14-3-1)47-32-48(54-51(53-47)36-26-24-34(25-27-36)38-15-12-30-52-33-38)37-28-29-43-41-18-5-4-16-39(41)40-17-6-7-19-42(40)44-20-8-10-22-49(44)55-50-23-11-9-21-45(50)46(43)31-37/h1-33H. The number of pyridine rings is 1. The van der Waals surface area contributed by atoms with Gasteiger partial charge in [0.1, 0.15) is 11.5 Å². The summed E-state index contributed by atoms with van der Waals surface area (Å²) in [6, 6.07) is 65.4. The van der Waals surface area contributed by atoms with Crippen molar-refractivity contribution in [3.63, 3.8) is 0 Å². The Balaban J connectivity index is 1.19. The molecule has 2 aromatic heterocycles. The Morgan fingerprint density at radius 3 is 1.40 bits per heavy atom. The third-order valence-electron chi connectivity index (χ3n) is 10.3. The normalized spacial score (nSPS) is 11.4. The van der Waals surface area contributed by atoms with Crippen molar-refractivity contribution < 1.29 is 4.74 Å². The van der Waals surface area contributed by atoms with Gasteiger partial charge in [0.2, 0.25) is 0 Å². The van der Waals surface area contributed by atoms with Crippen LogP contribution in [0, 0.1) is 0 Å². The van der Waals surface area contributed by atoms with Crippen LogP contribution in [-0.4, -0.2) is 15.0 Å². The van der Waals surface area contributed by atoms with E-state index in [0.717, 1.165) is 95.2 Å². The molecule has 0 bridgehead atoms. The van der Waals surface area contributed by atoms with Crippen LogP contribution in [-0.2, 0) is 0 Å². The molecular formula is C51H33N3O. The zero-order valence-electron chi connectivity index (χ0n) is 29.8. The number of fused-ring (bicyclic) bond motifs is 9. The molecule has 0 spiro atoms. The second-order valence-corrected chi connectivity index (χ2v) is 13.6. The number of para-hydroxylation sites is 2. The van der Waals surface area contributed by atoms with E-state index in [4.69, 9.17) is 14.7 Å². The predicted molar refractivity (Wildman–Crippen MR) is 223 cm³/mol. The first-order chi connectivity index (χ1) is 27.3. The van der Waals surface area contributed by atoms with Gasteiger partial charge in [0.05, 0.1) is 11.4 Å². The van der Waals surface area contributed by atoms with Crippen molar-refractivity contribution in [2.24, 2.45) is 0 Å². The molecule has 0 amide bonds. The Labute approximate surface area is 320 Å². The lowest BCUT2D eigenvalue weighted by molar-refractivity contribution is 0.486. The van der Waals surface area contributed by atoms with Crippen LogP contribution in [0.1, 0.15) is 0 Å². The molecule has 0 fully saturated rings. The smallest absolute Gasteiger partial charge is 0.160 e. The summed E-state index contributed by atoms with van der Waals surface area (Å²) in [5.41, 5.74) is 15.6. The van der Waals surface area contributed by atoms with Crippen LogP contribution in [0.4, 0.5) is 0 Å². The van der Waals surface area contributed by atoms with Gasteiger partial charge in [-0.05, 0) is 74.8 Å². The number of aromatic nitrogens is 3. The second-order valence-electron chi connectivity index (χ2n) is 13.6. The first kappa shape index (κ1) is 32.2. The van der Waals surface area contributed by atoms with Crippen LogP contribution in [0.15, 0.2) is 200 Å². The third-order valence-corrected chi connectivity index (χ3v) is 10.3. The molecule has 1 aliphatic rings. The zero-order valence-corrected chi connectivity index (χ0v) is 29.8. The molecule has 4 heteroatoms. The van der Waals surface area contributed by atoms with Gasteiger partial charge in [-0.1, -0.05) is 158 Å². The van der Waals surface area contributed by atoms with E-state index in [1.807, 2.05) is 42.6 Å². The lowest BCUT2D eigenvalue weighted by Crippen LogP contribution is -1.97. The fraction of sp³-hybridized carbons (Fsp3) is 0. The molecule has 3 heterocycles. The summed E-state index contributed by atoms with van der Waals surface area (Å²) in [5, 5.41) is 0. The first-order valence-corrected chi connectivity index (χ1v) is 18.4. The maximum absolute atomic E-state index is 6.90. The second kappa shape index (κ2) is 13.8. The molecular weight excluding hydrogens is 671 g/mol. The largest absolute Gasteiger partial charge is 0.456 e. The molecule has 10 rings (SSSR count). The molecule has 0 aliphatic carbocycles. The molecule has 0 saturated carbocycles. The Morgan fingerprint density at radius 2 is 0.782 bits per heavy atom. The molecule has 1 aliphatic heterocycles. The van der Waals surface area contributed by atoms with Gasteiger partial charge in [-0.15, -0.1) is 0 Å². The average molecular weight is 704 g/mol. The summed E-state index contributed by atoms with van der Waals surface area (Å²) in [7, 11) is 0. The summed E-state index contributed by atoms with van der Waals surface area (Å²) in [5.74, 6) is 2.25. The quantitative estimate of drug-likeness (QED) is 0.183. The van der Waals surface area contributed by atoms with Crippen molar-refractivity contribution >= 4 is 0 Å². The van der Waals surface area contributed by atoms with Crippen LogP contribution in [0.5, 0.6) is 11.5 Å². The highest BCUT2D eigenvalue weighted by molar-refractivity contribution is 5.98. The molecule has 0 atom stereocenters. The highest BCUT2D eigenvalue weighted by atomic mass is 16.5. The third kappa shape index (κ3) is 6.06. The lowest BCUT2D eigenvalue weighted by Gasteiger charge is -2.18. The molecule has 7 aromatic carbocycles. The summed E-state index contributed by atoms with van der Waals surface area (Å²) in [6.07, 6.45) is 3.67. The molecule has 0 unspecified atom stereocenters. The molecule has 0 saturated heterocycles. The fourth-order valence-electron chi connectivity index (χ4n) is 7.57. The molecule has 9 aromatic rings. The van der Waals surface area contributed by atoms with Crippen LogP contribution in [0.3, 0.4) is 0 Å². The number of rotatable bonds is 4. The summed E-state index contributed by atoms with van der Waals surface area (Å²) in [4.78, 5) is 14.7. The topological polar surface area (TPSA) is 47.9 Å². The van der Waals surface area contributed by atoms with E-state index in [1.54, 1.807) is 6.20 Å². The molecule has 55 heavy (non-hydrogen) atoms. The van der Waals surface area contributed by atoms with Crippen molar-refractivity contribution in [1.82, 2.24) is 15.0 Å². The van der Waals surface area contributed by atoms with E-state index in [2.05, 4.69) is 157 Å².